The molecule has 0 heterocycles. The molecule has 122 valence electrons. The van der Waals surface area contributed by atoms with Crippen LogP contribution in [0.1, 0.15) is 5.56 Å². The van der Waals surface area contributed by atoms with E-state index in [1.165, 1.54) is 6.07 Å². The van der Waals surface area contributed by atoms with Crippen molar-refractivity contribution >= 4 is 11.4 Å². The predicted molar refractivity (Wildman–Crippen MR) is 89.6 cm³/mol. The predicted octanol–water partition coefficient (Wildman–Crippen LogP) is 3.29. The van der Waals surface area contributed by atoms with Crippen LogP contribution >= 0.6 is 0 Å². The fourth-order valence-electron chi connectivity index (χ4n) is 2.38. The van der Waals surface area contributed by atoms with Gasteiger partial charge in [0.15, 0.2) is 11.5 Å². The number of benzene rings is 2. The lowest BCUT2D eigenvalue weighted by atomic mass is 10.1. The van der Waals surface area contributed by atoms with E-state index in [4.69, 9.17) is 9.47 Å². The van der Waals surface area contributed by atoms with Gasteiger partial charge in [-0.2, -0.15) is 0 Å². The second-order valence-corrected chi connectivity index (χ2v) is 5.10. The summed E-state index contributed by atoms with van der Waals surface area (Å²) < 4.78 is 10.5. The van der Waals surface area contributed by atoms with Crippen molar-refractivity contribution in [3.63, 3.8) is 0 Å². The van der Waals surface area contributed by atoms with Crippen molar-refractivity contribution in [3.8, 4) is 11.5 Å². The van der Waals surface area contributed by atoms with Crippen LogP contribution in [-0.4, -0.2) is 32.7 Å². The highest BCUT2D eigenvalue weighted by Crippen LogP contribution is 2.31. The van der Waals surface area contributed by atoms with Gasteiger partial charge in [0.25, 0.3) is 5.69 Å². The molecule has 2 rings (SSSR count). The van der Waals surface area contributed by atoms with Crippen molar-refractivity contribution in [2.75, 3.05) is 32.7 Å². The van der Waals surface area contributed by atoms with Crippen LogP contribution in [0.3, 0.4) is 0 Å². The van der Waals surface area contributed by atoms with E-state index in [0.717, 1.165) is 11.3 Å². The lowest BCUT2D eigenvalue weighted by molar-refractivity contribution is -0.385. The van der Waals surface area contributed by atoms with Crippen molar-refractivity contribution < 1.29 is 14.4 Å². The zero-order chi connectivity index (χ0) is 16.8. The van der Waals surface area contributed by atoms with Crippen molar-refractivity contribution in [1.29, 1.82) is 0 Å². The Bertz CT molecular complexity index is 688. The molecule has 0 spiro atoms. The Hall–Kier alpha value is -2.76. The minimum atomic E-state index is -0.342. The third kappa shape index (κ3) is 3.91. The van der Waals surface area contributed by atoms with Crippen LogP contribution in [-0.2, 0) is 6.42 Å². The van der Waals surface area contributed by atoms with Crippen LogP contribution in [0, 0.1) is 10.1 Å². The van der Waals surface area contributed by atoms with Crippen LogP contribution in [0.2, 0.25) is 0 Å². The lowest BCUT2D eigenvalue weighted by Crippen LogP contribution is -2.20. The smallest absolute Gasteiger partial charge is 0.272 e. The highest BCUT2D eigenvalue weighted by molar-refractivity contribution is 5.56. The third-order valence-electron chi connectivity index (χ3n) is 3.71. The van der Waals surface area contributed by atoms with Gasteiger partial charge in [0, 0.05) is 37.0 Å². The van der Waals surface area contributed by atoms with Gasteiger partial charge in [-0.25, -0.2) is 0 Å². The first kappa shape index (κ1) is 16.6. The molecule has 6 heteroatoms. The van der Waals surface area contributed by atoms with E-state index in [0.29, 0.717) is 24.5 Å². The fraction of sp³-hybridized carbons (Fsp3) is 0.294. The van der Waals surface area contributed by atoms with Gasteiger partial charge in [0.05, 0.1) is 19.1 Å². The van der Waals surface area contributed by atoms with Crippen LogP contribution in [0.4, 0.5) is 11.4 Å². The second-order valence-electron chi connectivity index (χ2n) is 5.10. The number of nitro groups is 1. The molecule has 0 fully saturated rings. The average Bonchev–Trinajstić information content (AvgIpc) is 2.59. The standard InChI is InChI=1S/C17H20N2O4/c1-18(14-8-9-16(22-2)17(12-14)23-3)11-10-13-6-4-5-7-15(13)19(20)21/h4-9,12H,10-11H2,1-3H3. The Labute approximate surface area is 135 Å². The van der Waals surface area contributed by atoms with Gasteiger partial charge in [0.2, 0.25) is 0 Å². The van der Waals surface area contributed by atoms with E-state index in [1.54, 1.807) is 26.4 Å². The van der Waals surface area contributed by atoms with E-state index in [2.05, 4.69) is 0 Å². The normalized spacial score (nSPS) is 10.2. The lowest BCUT2D eigenvalue weighted by Gasteiger charge is -2.20. The minimum absolute atomic E-state index is 0.160. The zero-order valence-electron chi connectivity index (χ0n) is 13.5. The summed E-state index contributed by atoms with van der Waals surface area (Å²) in [6, 6.07) is 12.5. The van der Waals surface area contributed by atoms with Gasteiger partial charge in [0.1, 0.15) is 0 Å². The van der Waals surface area contributed by atoms with Gasteiger partial charge in [-0.15, -0.1) is 0 Å². The highest BCUT2D eigenvalue weighted by atomic mass is 16.6. The molecule has 0 amide bonds. The fourth-order valence-corrected chi connectivity index (χ4v) is 2.38. The van der Waals surface area contributed by atoms with E-state index in [9.17, 15) is 10.1 Å². The maximum absolute atomic E-state index is 11.1. The minimum Gasteiger partial charge on any atom is -0.493 e. The van der Waals surface area contributed by atoms with Gasteiger partial charge in [-0.3, -0.25) is 10.1 Å². The second kappa shape index (κ2) is 7.49. The molecule has 0 aliphatic carbocycles. The summed E-state index contributed by atoms with van der Waals surface area (Å²) >= 11 is 0. The molecule has 0 N–H and O–H groups in total. The number of para-hydroxylation sites is 1. The number of hydrogen-bond acceptors (Lipinski definition) is 5. The van der Waals surface area contributed by atoms with Crippen molar-refractivity contribution in [3.05, 3.63) is 58.1 Å². The Morgan fingerprint density at radius 3 is 2.43 bits per heavy atom. The average molecular weight is 316 g/mol. The van der Waals surface area contributed by atoms with E-state index >= 15 is 0 Å². The third-order valence-corrected chi connectivity index (χ3v) is 3.71. The van der Waals surface area contributed by atoms with Crippen molar-refractivity contribution in [2.45, 2.75) is 6.42 Å². The summed E-state index contributed by atoms with van der Waals surface area (Å²) in [6.45, 7) is 0.653. The molecule has 0 atom stereocenters. The molecule has 0 radical (unpaired) electrons. The maximum atomic E-state index is 11.1. The van der Waals surface area contributed by atoms with Crippen LogP contribution in [0.5, 0.6) is 11.5 Å². The molecular weight excluding hydrogens is 296 g/mol. The summed E-state index contributed by atoms with van der Waals surface area (Å²) in [5.41, 5.74) is 1.85. The van der Waals surface area contributed by atoms with Crippen LogP contribution < -0.4 is 14.4 Å². The summed E-state index contributed by atoms with van der Waals surface area (Å²) in [5, 5.41) is 11.1. The van der Waals surface area contributed by atoms with Crippen LogP contribution in [0.15, 0.2) is 42.5 Å². The Kier molecular flexibility index (Phi) is 5.41. The first-order chi connectivity index (χ1) is 11.1. The van der Waals surface area contributed by atoms with Gasteiger partial charge >= 0.3 is 0 Å². The van der Waals surface area contributed by atoms with Gasteiger partial charge in [-0.1, -0.05) is 18.2 Å². The molecule has 0 bridgehead atoms. The number of methoxy groups -OCH3 is 2. The Balaban J connectivity index is 2.11. The molecule has 0 unspecified atom stereocenters. The van der Waals surface area contributed by atoms with Gasteiger partial charge in [-0.05, 0) is 18.6 Å². The first-order valence-corrected chi connectivity index (χ1v) is 7.22. The van der Waals surface area contributed by atoms with Crippen molar-refractivity contribution in [2.24, 2.45) is 0 Å². The SMILES string of the molecule is COc1ccc(N(C)CCc2ccccc2[N+](=O)[O-])cc1OC. The molecule has 0 aromatic heterocycles. The Morgan fingerprint density at radius 1 is 1.09 bits per heavy atom. The van der Waals surface area contributed by atoms with Crippen molar-refractivity contribution in [1.82, 2.24) is 0 Å². The summed E-state index contributed by atoms with van der Waals surface area (Å²) in [6.07, 6.45) is 0.585. The Morgan fingerprint density at radius 2 is 1.78 bits per heavy atom. The molecule has 6 nitrogen and oxygen atoms in total. The maximum Gasteiger partial charge on any atom is 0.272 e. The number of rotatable bonds is 7. The summed E-state index contributed by atoms with van der Waals surface area (Å²) in [7, 11) is 5.13. The summed E-state index contributed by atoms with van der Waals surface area (Å²) in [4.78, 5) is 12.7. The number of nitrogens with zero attached hydrogens (tertiary/aromatic N) is 2. The molecular formula is C17H20N2O4. The summed E-state index contributed by atoms with van der Waals surface area (Å²) in [5.74, 6) is 1.32. The zero-order valence-corrected chi connectivity index (χ0v) is 13.5. The molecule has 2 aromatic carbocycles. The van der Waals surface area contributed by atoms with E-state index in [1.807, 2.05) is 36.2 Å². The molecule has 0 saturated heterocycles. The first-order valence-electron chi connectivity index (χ1n) is 7.22. The molecule has 23 heavy (non-hydrogen) atoms. The van der Waals surface area contributed by atoms with E-state index in [-0.39, 0.29) is 10.6 Å². The quantitative estimate of drug-likeness (QED) is 0.579. The number of hydrogen-bond donors (Lipinski definition) is 0. The van der Waals surface area contributed by atoms with Crippen LogP contribution in [0.25, 0.3) is 0 Å². The van der Waals surface area contributed by atoms with Gasteiger partial charge < -0.3 is 14.4 Å². The number of likely N-dealkylation sites (N-methyl/N-ethyl adjacent to an activating group) is 1. The number of nitro benzene ring substituents is 1. The highest BCUT2D eigenvalue weighted by Gasteiger charge is 2.13. The topological polar surface area (TPSA) is 64.8 Å². The molecule has 0 saturated carbocycles. The number of ether oxygens (including phenoxy) is 2. The monoisotopic (exact) mass is 316 g/mol. The molecule has 2 aromatic rings. The molecule has 0 aliphatic rings. The largest absolute Gasteiger partial charge is 0.493 e. The number of anilines is 1. The molecule has 0 aliphatic heterocycles. The van der Waals surface area contributed by atoms with E-state index < -0.39 is 0 Å².